The molecule has 2 aromatic heterocycles. The number of fused-ring (bicyclic) bond motifs is 2. The average molecular weight is 437 g/mol. The molecule has 0 aliphatic heterocycles. The summed E-state index contributed by atoms with van der Waals surface area (Å²) in [7, 11) is 0. The van der Waals surface area contributed by atoms with E-state index in [4.69, 9.17) is 5.73 Å². The number of H-pyrrole nitrogens is 2. The average Bonchev–Trinajstić information content (AvgIpc) is 3.42. The fourth-order valence-electron chi connectivity index (χ4n) is 5.40. The number of aromatic amines is 2. The van der Waals surface area contributed by atoms with Crippen molar-refractivity contribution in [1.29, 1.82) is 0 Å². The molecule has 30 heavy (non-hydrogen) atoms. The molecule has 0 spiro atoms. The SMILES string of the molecule is CC1=C(F)C(c2cc3c(s2)CCC(F)(F)C3N)(C2CC2)C(C)c2[nH]c(=O)[nH]c(=O)c21. The number of aromatic nitrogens is 2. The maximum atomic E-state index is 16.2. The molecule has 160 valence electrons. The molecule has 1 fully saturated rings. The van der Waals surface area contributed by atoms with Crippen LogP contribution in [0.15, 0.2) is 21.5 Å². The summed E-state index contributed by atoms with van der Waals surface area (Å²) in [5.74, 6) is -3.97. The van der Waals surface area contributed by atoms with Crippen LogP contribution in [0.3, 0.4) is 0 Å². The fraction of sp³-hybridized carbons (Fsp3) is 0.524. The molecule has 1 saturated carbocycles. The first kappa shape index (κ1) is 19.8. The zero-order valence-corrected chi connectivity index (χ0v) is 17.4. The molecule has 0 amide bonds. The quantitative estimate of drug-likeness (QED) is 0.666. The summed E-state index contributed by atoms with van der Waals surface area (Å²) < 4.78 is 44.6. The number of nitrogens with two attached hydrogens (primary N) is 1. The van der Waals surface area contributed by atoms with Crippen molar-refractivity contribution >= 4 is 16.9 Å². The van der Waals surface area contributed by atoms with Crippen molar-refractivity contribution in [1.82, 2.24) is 9.97 Å². The summed E-state index contributed by atoms with van der Waals surface area (Å²) in [4.78, 5) is 30.7. The molecular weight excluding hydrogens is 415 g/mol. The van der Waals surface area contributed by atoms with Gasteiger partial charge in [-0.1, -0.05) is 6.92 Å². The van der Waals surface area contributed by atoms with Crippen molar-refractivity contribution in [2.24, 2.45) is 11.7 Å². The lowest BCUT2D eigenvalue weighted by Crippen LogP contribution is -2.42. The summed E-state index contributed by atoms with van der Waals surface area (Å²) >= 11 is 1.34. The van der Waals surface area contributed by atoms with Gasteiger partial charge >= 0.3 is 5.69 Å². The van der Waals surface area contributed by atoms with Gasteiger partial charge in [0.25, 0.3) is 11.5 Å². The van der Waals surface area contributed by atoms with Gasteiger partial charge < -0.3 is 10.7 Å². The Labute approximate surface area is 174 Å². The molecule has 3 aliphatic rings. The predicted molar refractivity (Wildman–Crippen MR) is 109 cm³/mol. The molecule has 4 N–H and O–H groups in total. The first-order valence-corrected chi connectivity index (χ1v) is 10.9. The van der Waals surface area contributed by atoms with Gasteiger partial charge in [0.2, 0.25) is 0 Å². The van der Waals surface area contributed by atoms with E-state index in [9.17, 15) is 18.4 Å². The van der Waals surface area contributed by atoms with E-state index in [0.29, 0.717) is 16.1 Å². The van der Waals surface area contributed by atoms with Gasteiger partial charge in [-0.2, -0.15) is 0 Å². The largest absolute Gasteiger partial charge is 0.325 e. The summed E-state index contributed by atoms with van der Waals surface area (Å²) in [5, 5.41) is 0. The third-order valence-electron chi connectivity index (χ3n) is 7.10. The Balaban J connectivity index is 1.77. The van der Waals surface area contributed by atoms with Crippen LogP contribution in [0.2, 0.25) is 0 Å². The molecule has 0 bridgehead atoms. The second kappa shape index (κ2) is 6.20. The fourth-order valence-corrected chi connectivity index (χ4v) is 6.96. The Morgan fingerprint density at radius 1 is 1.23 bits per heavy atom. The van der Waals surface area contributed by atoms with E-state index in [2.05, 4.69) is 9.97 Å². The number of hydrogen-bond acceptors (Lipinski definition) is 4. The maximum Gasteiger partial charge on any atom is 0.325 e. The van der Waals surface area contributed by atoms with E-state index in [1.54, 1.807) is 13.0 Å². The van der Waals surface area contributed by atoms with Gasteiger partial charge in [0.15, 0.2) is 0 Å². The Bertz CT molecular complexity index is 1210. The van der Waals surface area contributed by atoms with Crippen molar-refractivity contribution in [2.45, 2.75) is 62.8 Å². The molecule has 5 rings (SSSR count). The summed E-state index contributed by atoms with van der Waals surface area (Å²) in [6.45, 7) is 3.34. The number of allylic oxidation sites excluding steroid dienone is 2. The van der Waals surface area contributed by atoms with Crippen molar-refractivity contribution in [3.8, 4) is 0 Å². The van der Waals surface area contributed by atoms with Crippen LogP contribution in [0.4, 0.5) is 13.2 Å². The third kappa shape index (κ3) is 2.45. The van der Waals surface area contributed by atoms with Crippen molar-refractivity contribution in [2.75, 3.05) is 0 Å². The van der Waals surface area contributed by atoms with E-state index in [1.165, 1.54) is 18.3 Å². The highest BCUT2D eigenvalue weighted by atomic mass is 32.1. The summed E-state index contributed by atoms with van der Waals surface area (Å²) in [5.41, 5.74) is 4.64. The topological polar surface area (TPSA) is 91.7 Å². The maximum absolute atomic E-state index is 16.2. The Morgan fingerprint density at radius 3 is 2.60 bits per heavy atom. The number of rotatable bonds is 2. The van der Waals surface area contributed by atoms with Crippen LogP contribution < -0.4 is 17.0 Å². The molecule has 2 heterocycles. The molecule has 2 aromatic rings. The number of alkyl halides is 2. The normalized spacial score (nSPS) is 30.2. The van der Waals surface area contributed by atoms with Crippen LogP contribution in [0, 0.1) is 5.92 Å². The van der Waals surface area contributed by atoms with Crippen molar-refractivity contribution < 1.29 is 13.2 Å². The number of halogens is 3. The molecule has 0 saturated heterocycles. The van der Waals surface area contributed by atoms with Crippen LogP contribution in [0.5, 0.6) is 0 Å². The Kier molecular flexibility index (Phi) is 4.09. The Hall–Kier alpha value is -2.13. The predicted octanol–water partition coefficient (Wildman–Crippen LogP) is 3.87. The molecule has 0 aromatic carbocycles. The highest BCUT2D eigenvalue weighted by Gasteiger charge is 2.58. The number of aryl methyl sites for hydroxylation is 1. The van der Waals surface area contributed by atoms with Gasteiger partial charge in [0.1, 0.15) is 5.83 Å². The number of hydrogen-bond donors (Lipinski definition) is 3. The van der Waals surface area contributed by atoms with Crippen molar-refractivity contribution in [3.63, 3.8) is 0 Å². The van der Waals surface area contributed by atoms with Crippen LogP contribution in [0.25, 0.3) is 5.57 Å². The van der Waals surface area contributed by atoms with Gasteiger partial charge in [-0.15, -0.1) is 11.3 Å². The smallest absolute Gasteiger partial charge is 0.319 e. The zero-order valence-electron chi connectivity index (χ0n) is 16.6. The van der Waals surface area contributed by atoms with Crippen LogP contribution in [0.1, 0.15) is 71.6 Å². The van der Waals surface area contributed by atoms with Gasteiger partial charge in [-0.3, -0.25) is 9.78 Å². The zero-order chi connectivity index (χ0) is 21.6. The molecular formula is C21H22F3N3O2S. The molecule has 5 nitrogen and oxygen atoms in total. The molecule has 3 atom stereocenters. The first-order chi connectivity index (χ1) is 14.1. The van der Waals surface area contributed by atoms with Crippen LogP contribution in [-0.2, 0) is 11.8 Å². The van der Waals surface area contributed by atoms with E-state index < -0.39 is 40.4 Å². The van der Waals surface area contributed by atoms with Gasteiger partial charge in [-0.25, -0.2) is 18.0 Å². The molecule has 3 aliphatic carbocycles. The van der Waals surface area contributed by atoms with Gasteiger partial charge in [0.05, 0.1) is 17.0 Å². The van der Waals surface area contributed by atoms with E-state index in [1.807, 2.05) is 0 Å². The minimum Gasteiger partial charge on any atom is -0.319 e. The molecule has 3 unspecified atom stereocenters. The van der Waals surface area contributed by atoms with Crippen LogP contribution >= 0.6 is 11.3 Å². The first-order valence-electron chi connectivity index (χ1n) is 10.1. The van der Waals surface area contributed by atoms with Gasteiger partial charge in [-0.05, 0) is 49.3 Å². The summed E-state index contributed by atoms with van der Waals surface area (Å²) in [6, 6.07) is 0.236. The molecule has 0 radical (unpaired) electrons. The summed E-state index contributed by atoms with van der Waals surface area (Å²) in [6.07, 6.45) is 1.46. The highest BCUT2D eigenvalue weighted by molar-refractivity contribution is 7.12. The lowest BCUT2D eigenvalue weighted by molar-refractivity contribution is -0.0392. The minimum absolute atomic E-state index is 0.0322. The van der Waals surface area contributed by atoms with E-state index in [0.717, 1.165) is 17.7 Å². The van der Waals surface area contributed by atoms with E-state index in [-0.39, 0.29) is 29.9 Å². The standard InChI is InChI=1S/C21H22F3N3O2S/c1-8-14-15(26-19(29)27-18(14)28)9(2)21(16(8)22,10-3-4-10)13-7-11-12(30-13)5-6-20(23,24)17(11)25/h7,9-10,17H,3-6,25H2,1-2H3,(H2,26,27,28,29). The monoisotopic (exact) mass is 437 g/mol. The lowest BCUT2D eigenvalue weighted by Gasteiger charge is -2.42. The lowest BCUT2D eigenvalue weighted by atomic mass is 9.63. The second-order valence-electron chi connectivity index (χ2n) is 8.73. The highest BCUT2D eigenvalue weighted by Crippen LogP contribution is 2.64. The van der Waals surface area contributed by atoms with Crippen molar-refractivity contribution in [3.05, 3.63) is 59.3 Å². The van der Waals surface area contributed by atoms with Gasteiger partial charge in [0, 0.05) is 27.8 Å². The van der Waals surface area contributed by atoms with Crippen LogP contribution in [-0.4, -0.2) is 15.9 Å². The Morgan fingerprint density at radius 2 is 1.93 bits per heavy atom. The number of nitrogens with one attached hydrogen (secondary N) is 2. The number of thiophene rings is 1. The molecule has 9 heteroatoms. The third-order valence-corrected chi connectivity index (χ3v) is 8.46. The minimum atomic E-state index is -2.99. The van der Waals surface area contributed by atoms with E-state index >= 15 is 4.39 Å². The second-order valence-corrected chi connectivity index (χ2v) is 9.87.